The number of anilines is 1. The molecule has 1 aliphatic carbocycles. The number of nitrogens with zero attached hydrogens (tertiary/aromatic N) is 6. The van der Waals surface area contributed by atoms with Gasteiger partial charge in [0.05, 0.1) is 36.1 Å². The van der Waals surface area contributed by atoms with Crippen LogP contribution in [0.25, 0.3) is 11.1 Å². The van der Waals surface area contributed by atoms with E-state index in [2.05, 4.69) is 55.0 Å². The molecular weight excluding hydrogens is 760 g/mol. The number of methoxy groups -OCH3 is 2. The molecule has 1 amide bonds. The van der Waals surface area contributed by atoms with Crippen LogP contribution in [0.15, 0.2) is 69.7 Å². The van der Waals surface area contributed by atoms with E-state index in [1.165, 1.54) is 15.7 Å². The highest BCUT2D eigenvalue weighted by Crippen LogP contribution is 2.47. The van der Waals surface area contributed by atoms with Gasteiger partial charge in [-0.2, -0.15) is 5.26 Å². The number of amides is 1. The molecule has 2 aliphatic heterocycles. The molecule has 0 radical (unpaired) electrons. The number of fused-ring (bicyclic) bond motifs is 1. The van der Waals surface area contributed by atoms with Gasteiger partial charge < -0.3 is 30.1 Å². The van der Waals surface area contributed by atoms with Gasteiger partial charge in [0, 0.05) is 75.4 Å². The first-order valence-electron chi connectivity index (χ1n) is 18.5. The molecule has 288 valence electrons. The van der Waals surface area contributed by atoms with Crippen molar-refractivity contribution in [1.82, 2.24) is 19.3 Å². The topological polar surface area (TPSA) is 153 Å². The van der Waals surface area contributed by atoms with Crippen molar-refractivity contribution in [3.8, 4) is 28.7 Å². The van der Waals surface area contributed by atoms with Crippen molar-refractivity contribution in [1.29, 1.82) is 10.7 Å². The zero-order chi connectivity index (χ0) is 39.6. The first kappa shape index (κ1) is 39.7. The van der Waals surface area contributed by atoms with Crippen LogP contribution in [0.2, 0.25) is 0 Å². The van der Waals surface area contributed by atoms with Crippen molar-refractivity contribution in [3.63, 3.8) is 0 Å². The standard InChI is InChI=1S/C42H49BrN8O4/c1-7-31(47-27(3)43)17-30(20-44)40(52)51-14-11-33-28(9-8-10-32(33)26(51)2)22-50-16-15-49(25-42(50)12-13-42)24-36-37(54-5)18-29(19-38(36)55-6)35-23-48(4)41(53)39(46)34(35)21-45/h7-10,17-19,21,23,26,45H,11-16,22,24-25,46H2,1-6H3/b30-17+,31-7-,45-21?,47-27?. The number of hydrogen-bond donors (Lipinski definition) is 2. The Morgan fingerprint density at radius 3 is 2.47 bits per heavy atom. The largest absolute Gasteiger partial charge is 0.496 e. The molecule has 3 aliphatic rings. The fourth-order valence-electron chi connectivity index (χ4n) is 8.15. The lowest BCUT2D eigenvalue weighted by atomic mass is 9.88. The molecule has 3 N–H and O–H groups in total. The van der Waals surface area contributed by atoms with Gasteiger partial charge in [-0.25, -0.2) is 4.99 Å². The number of nitrogens with two attached hydrogens (primary N) is 1. The Bertz CT molecular complexity index is 2180. The maximum Gasteiger partial charge on any atom is 0.274 e. The summed E-state index contributed by atoms with van der Waals surface area (Å²) in [5.41, 5.74) is 13.0. The number of pyridine rings is 1. The number of hydrogen-bond acceptors (Lipinski definition) is 10. The Hall–Kier alpha value is -5.03. The predicted molar refractivity (Wildman–Crippen MR) is 220 cm³/mol. The smallest absolute Gasteiger partial charge is 0.274 e. The van der Waals surface area contributed by atoms with Crippen LogP contribution in [0.4, 0.5) is 5.69 Å². The first-order chi connectivity index (χ1) is 26.4. The second kappa shape index (κ2) is 16.4. The van der Waals surface area contributed by atoms with Crippen molar-refractivity contribution >= 4 is 38.4 Å². The summed E-state index contributed by atoms with van der Waals surface area (Å²) in [5.74, 6) is 1.06. The van der Waals surface area contributed by atoms with Gasteiger partial charge in [0.1, 0.15) is 28.8 Å². The number of carbonyl (C=O) groups excluding carboxylic acids is 1. The van der Waals surface area contributed by atoms with E-state index in [4.69, 9.17) is 20.6 Å². The van der Waals surface area contributed by atoms with Gasteiger partial charge in [-0.1, -0.05) is 24.3 Å². The molecule has 12 nitrogen and oxygen atoms in total. The maximum atomic E-state index is 13.7. The molecule has 3 heterocycles. The third-order valence-corrected chi connectivity index (χ3v) is 11.5. The van der Waals surface area contributed by atoms with Crippen LogP contribution < -0.4 is 20.8 Å². The maximum absolute atomic E-state index is 13.7. The van der Waals surface area contributed by atoms with Gasteiger partial charge >= 0.3 is 0 Å². The lowest BCUT2D eigenvalue weighted by Gasteiger charge is -2.43. The van der Waals surface area contributed by atoms with Crippen molar-refractivity contribution < 1.29 is 14.3 Å². The Balaban J connectivity index is 1.18. The van der Waals surface area contributed by atoms with Crippen LogP contribution in [-0.4, -0.2) is 81.9 Å². The first-order valence-corrected chi connectivity index (χ1v) is 19.3. The summed E-state index contributed by atoms with van der Waals surface area (Å²) >= 11 is 3.34. The van der Waals surface area contributed by atoms with Gasteiger partial charge in [-0.3, -0.25) is 19.4 Å². The third-order valence-electron chi connectivity index (χ3n) is 11.3. The van der Waals surface area contributed by atoms with Crippen LogP contribution in [0.1, 0.15) is 67.5 Å². The van der Waals surface area contributed by atoms with E-state index >= 15 is 0 Å². The summed E-state index contributed by atoms with van der Waals surface area (Å²) in [6.07, 6.45) is 9.12. The van der Waals surface area contributed by atoms with E-state index in [9.17, 15) is 14.9 Å². The Labute approximate surface area is 331 Å². The Morgan fingerprint density at radius 1 is 1.16 bits per heavy atom. The molecule has 1 atom stereocenters. The lowest BCUT2D eigenvalue weighted by Crippen LogP contribution is -2.54. The zero-order valence-corrected chi connectivity index (χ0v) is 34.0. The number of aryl methyl sites for hydroxylation is 1. The lowest BCUT2D eigenvalue weighted by molar-refractivity contribution is -0.129. The van der Waals surface area contributed by atoms with Crippen molar-refractivity contribution in [2.45, 2.75) is 64.7 Å². The summed E-state index contributed by atoms with van der Waals surface area (Å²) in [6.45, 7) is 10.4. The molecule has 2 fully saturated rings. The van der Waals surface area contributed by atoms with Crippen molar-refractivity contribution in [3.05, 3.63) is 98.1 Å². The summed E-state index contributed by atoms with van der Waals surface area (Å²) in [4.78, 5) is 37.4. The van der Waals surface area contributed by atoms with Crippen LogP contribution >= 0.6 is 15.9 Å². The molecule has 6 rings (SSSR count). The Morgan fingerprint density at radius 2 is 1.87 bits per heavy atom. The highest BCUT2D eigenvalue weighted by atomic mass is 79.9. The Kier molecular flexibility index (Phi) is 11.8. The van der Waals surface area contributed by atoms with Crippen LogP contribution in [-0.2, 0) is 31.4 Å². The van der Waals surface area contributed by atoms with Gasteiger partial charge in [0.2, 0.25) is 0 Å². The van der Waals surface area contributed by atoms with Crippen LogP contribution in [0.3, 0.4) is 0 Å². The minimum Gasteiger partial charge on any atom is -0.496 e. The van der Waals surface area contributed by atoms with Crippen LogP contribution in [0, 0.1) is 16.7 Å². The number of aromatic nitrogens is 1. The number of nitrogen functional groups attached to an aromatic ring is 1. The van der Waals surface area contributed by atoms with Gasteiger partial charge in [-0.05, 0) is 96.4 Å². The average Bonchev–Trinajstić information content (AvgIpc) is 3.95. The summed E-state index contributed by atoms with van der Waals surface area (Å²) in [6, 6.07) is 12.2. The zero-order valence-electron chi connectivity index (χ0n) is 32.4. The molecule has 13 heteroatoms. The second-order valence-electron chi connectivity index (χ2n) is 14.5. The molecule has 3 aromatic rings. The van der Waals surface area contributed by atoms with E-state index in [0.29, 0.717) is 46.0 Å². The van der Waals surface area contributed by atoms with Crippen molar-refractivity contribution in [2.24, 2.45) is 12.0 Å². The molecule has 1 saturated carbocycles. The SMILES string of the molecule is C/C=C(/C=C(\C#N)C(=O)N1CCc2c(CN3CCN(Cc4c(OC)cc(-c5cn(C)c(=O)c(N)c5C=N)cc4OC)CC34CC4)cccc2C1C)N=C(C)Br. The molecule has 1 spiro atoms. The van der Waals surface area contributed by atoms with E-state index in [0.717, 1.165) is 68.3 Å². The number of aliphatic imine (C=N–C) groups is 1. The second-order valence-corrected chi connectivity index (χ2v) is 15.7. The summed E-state index contributed by atoms with van der Waals surface area (Å²) in [7, 11) is 4.93. The average molecular weight is 810 g/mol. The molecule has 55 heavy (non-hydrogen) atoms. The van der Waals surface area contributed by atoms with Gasteiger partial charge in [-0.15, -0.1) is 0 Å². The number of halogens is 1. The normalized spacial score (nSPS) is 18.8. The fourth-order valence-corrected chi connectivity index (χ4v) is 8.35. The third kappa shape index (κ3) is 7.90. The van der Waals surface area contributed by atoms with E-state index in [1.807, 2.05) is 26.0 Å². The summed E-state index contributed by atoms with van der Waals surface area (Å²) < 4.78 is 14.0. The van der Waals surface area contributed by atoms with Gasteiger partial charge in [0.25, 0.3) is 11.5 Å². The highest BCUT2D eigenvalue weighted by molar-refractivity contribution is 9.18. The number of benzene rings is 2. The monoisotopic (exact) mass is 808 g/mol. The summed E-state index contributed by atoms with van der Waals surface area (Å²) in [5, 5.41) is 17.9. The number of nitriles is 1. The highest BCUT2D eigenvalue weighted by Gasteiger charge is 2.51. The van der Waals surface area contributed by atoms with E-state index in [1.54, 1.807) is 51.4 Å². The number of allylic oxidation sites excluding steroid dienone is 2. The minimum atomic E-state index is -0.347. The number of rotatable bonds is 11. The van der Waals surface area contributed by atoms with Crippen LogP contribution in [0.5, 0.6) is 11.5 Å². The van der Waals surface area contributed by atoms with Gasteiger partial charge in [0.15, 0.2) is 0 Å². The quantitative estimate of drug-likeness (QED) is 0.102. The molecule has 0 bridgehead atoms. The van der Waals surface area contributed by atoms with Crippen molar-refractivity contribution in [2.75, 3.05) is 46.1 Å². The predicted octanol–water partition coefficient (Wildman–Crippen LogP) is 6.11. The number of nitrogens with one attached hydrogen (secondary N) is 1. The molecule has 1 saturated heterocycles. The number of carbonyl (C=O) groups is 1. The molecule has 1 unspecified atom stereocenters. The molecular formula is C42H49BrN8O4. The minimum absolute atomic E-state index is 0.0278. The molecule has 1 aromatic heterocycles. The van der Waals surface area contributed by atoms with E-state index < -0.39 is 0 Å². The van der Waals surface area contributed by atoms with E-state index in [-0.39, 0.29) is 34.3 Å². The molecule has 2 aromatic carbocycles. The number of piperazine rings is 1. The number of ether oxygens (including phenoxy) is 2. The fraction of sp³-hybridized carbons (Fsp3) is 0.405.